The molecule has 0 aliphatic heterocycles. The van der Waals surface area contributed by atoms with Gasteiger partial charge in [0.05, 0.1) is 16.0 Å². The second-order valence-electron chi connectivity index (χ2n) is 5.39. The Balaban J connectivity index is 2.45. The predicted octanol–water partition coefficient (Wildman–Crippen LogP) is 2.64. The van der Waals surface area contributed by atoms with Gasteiger partial charge in [-0.25, -0.2) is 13.6 Å². The summed E-state index contributed by atoms with van der Waals surface area (Å²) in [6.45, 7) is 1.89. The molecule has 0 bridgehead atoms. The molecule has 0 saturated carbocycles. The predicted molar refractivity (Wildman–Crippen MR) is 92.5 cm³/mol. The first-order valence-corrected chi connectivity index (χ1v) is 8.56. The number of nitrogens with one attached hydrogen (secondary N) is 1. The summed E-state index contributed by atoms with van der Waals surface area (Å²) in [6, 6.07) is 10.3. The molecule has 0 saturated heterocycles. The third-order valence-electron chi connectivity index (χ3n) is 3.91. The number of H-pyrrole nitrogens is 1. The molecule has 0 amide bonds. The molecule has 0 atom stereocenters. The van der Waals surface area contributed by atoms with Gasteiger partial charge in [-0.1, -0.05) is 18.1 Å². The molecule has 0 fully saturated rings. The Kier molecular flexibility index (Phi) is 3.65. The van der Waals surface area contributed by atoms with Crippen molar-refractivity contribution in [2.75, 3.05) is 0 Å². The van der Waals surface area contributed by atoms with Gasteiger partial charge in [-0.15, -0.1) is 6.42 Å². The van der Waals surface area contributed by atoms with Crippen molar-refractivity contribution in [1.82, 2.24) is 4.98 Å². The largest absolute Gasteiger partial charge is 0.359 e. The number of nitrogens with two attached hydrogens (primary N) is 1. The Morgan fingerprint density at radius 3 is 2.58 bits per heavy atom. The van der Waals surface area contributed by atoms with Crippen LogP contribution >= 0.6 is 0 Å². The Morgan fingerprint density at radius 1 is 1.21 bits per heavy atom. The second-order valence-corrected chi connectivity index (χ2v) is 6.92. The molecule has 24 heavy (non-hydrogen) atoms. The van der Waals surface area contributed by atoms with Crippen LogP contribution in [0.25, 0.3) is 22.0 Å². The molecular weight excluding hydrogens is 322 g/mol. The molecule has 1 aromatic heterocycles. The van der Waals surface area contributed by atoms with Crippen molar-refractivity contribution >= 4 is 20.9 Å². The van der Waals surface area contributed by atoms with Crippen LogP contribution in [0.3, 0.4) is 0 Å². The molecule has 0 aliphatic rings. The van der Waals surface area contributed by atoms with Gasteiger partial charge in [0.1, 0.15) is 6.07 Å². The fraction of sp³-hybridized carbons (Fsp3) is 0.0556. The van der Waals surface area contributed by atoms with Gasteiger partial charge in [0.2, 0.25) is 10.0 Å². The zero-order chi connectivity index (χ0) is 17.5. The van der Waals surface area contributed by atoms with Gasteiger partial charge in [-0.2, -0.15) is 5.26 Å². The van der Waals surface area contributed by atoms with Gasteiger partial charge < -0.3 is 4.98 Å². The molecule has 3 aromatic rings. The van der Waals surface area contributed by atoms with E-state index < -0.39 is 10.0 Å². The normalized spacial score (nSPS) is 11.2. The maximum absolute atomic E-state index is 12.0. The van der Waals surface area contributed by atoms with Crippen LogP contribution in [0.1, 0.15) is 16.7 Å². The van der Waals surface area contributed by atoms with E-state index in [0.717, 1.165) is 10.9 Å². The van der Waals surface area contributed by atoms with Crippen molar-refractivity contribution < 1.29 is 8.42 Å². The number of sulfonamides is 1. The summed E-state index contributed by atoms with van der Waals surface area (Å²) >= 11 is 0. The summed E-state index contributed by atoms with van der Waals surface area (Å²) in [4.78, 5) is 3.04. The summed E-state index contributed by atoms with van der Waals surface area (Å²) < 4.78 is 23.9. The number of fused-ring (bicyclic) bond motifs is 1. The van der Waals surface area contributed by atoms with E-state index in [4.69, 9.17) is 11.6 Å². The van der Waals surface area contributed by atoms with Crippen molar-refractivity contribution in [1.29, 1.82) is 5.26 Å². The van der Waals surface area contributed by atoms with Crippen LogP contribution in [-0.4, -0.2) is 13.4 Å². The number of aromatic nitrogens is 1. The summed E-state index contributed by atoms with van der Waals surface area (Å²) in [5, 5.41) is 15.4. The Hall–Kier alpha value is -3.06. The van der Waals surface area contributed by atoms with Crippen LogP contribution < -0.4 is 5.14 Å². The van der Waals surface area contributed by atoms with Gasteiger partial charge in [0, 0.05) is 28.3 Å². The van der Waals surface area contributed by atoms with Crippen molar-refractivity contribution in [3.8, 4) is 29.5 Å². The number of aryl methyl sites for hydroxylation is 1. The summed E-state index contributed by atoms with van der Waals surface area (Å²) in [6.07, 6.45) is 7.04. The molecule has 0 aliphatic carbocycles. The fourth-order valence-electron chi connectivity index (χ4n) is 2.81. The van der Waals surface area contributed by atoms with Gasteiger partial charge in [0.15, 0.2) is 0 Å². The molecular formula is C18H13N3O2S. The highest BCUT2D eigenvalue weighted by Gasteiger charge is 2.19. The van der Waals surface area contributed by atoms with Gasteiger partial charge in [-0.05, 0) is 30.7 Å². The maximum atomic E-state index is 12.0. The zero-order valence-corrected chi connectivity index (χ0v) is 13.6. The number of nitrogens with zero attached hydrogens (tertiary/aromatic N) is 1. The minimum absolute atomic E-state index is 0.0141. The molecule has 5 nitrogen and oxygen atoms in total. The van der Waals surface area contributed by atoms with Crippen molar-refractivity contribution in [2.24, 2.45) is 5.14 Å². The van der Waals surface area contributed by atoms with E-state index >= 15 is 0 Å². The number of benzene rings is 2. The monoisotopic (exact) mass is 335 g/mol. The number of terminal acetylenes is 1. The number of hydrogen-bond donors (Lipinski definition) is 2. The first-order valence-electron chi connectivity index (χ1n) is 7.01. The molecule has 0 spiro atoms. The van der Waals surface area contributed by atoms with Crippen molar-refractivity contribution in [2.45, 2.75) is 11.8 Å². The Bertz CT molecular complexity index is 1160. The molecule has 118 valence electrons. The first kappa shape index (κ1) is 15.8. The number of primary sulfonamides is 1. The summed E-state index contributed by atoms with van der Waals surface area (Å²) in [5.74, 6) is 2.49. The fourth-order valence-corrected chi connectivity index (χ4v) is 3.54. The zero-order valence-electron chi connectivity index (χ0n) is 12.8. The molecule has 6 heteroatoms. The minimum atomic E-state index is -3.93. The molecule has 2 aromatic carbocycles. The highest BCUT2D eigenvalue weighted by Crippen LogP contribution is 2.35. The minimum Gasteiger partial charge on any atom is -0.359 e. The topological polar surface area (TPSA) is 99.7 Å². The van der Waals surface area contributed by atoms with E-state index in [-0.39, 0.29) is 4.90 Å². The lowest BCUT2D eigenvalue weighted by molar-refractivity contribution is 0.598. The first-order chi connectivity index (χ1) is 11.4. The Labute approximate surface area is 139 Å². The standard InChI is InChI=1S/C18H13N3O2S/c1-3-12-5-7-16(24(20,22)23)15(8-12)14-6-4-11(2)17-13(9-19)10-21-18(14)17/h1,4-8,10,21H,2H3,(H2,20,22,23). The third kappa shape index (κ3) is 2.44. The van der Waals surface area contributed by atoms with Gasteiger partial charge >= 0.3 is 0 Å². The van der Waals surface area contributed by atoms with Crippen molar-refractivity contribution in [3.63, 3.8) is 0 Å². The SMILES string of the molecule is C#Cc1ccc(S(N)(=O)=O)c(-c2ccc(C)c3c(C#N)c[nH]c23)c1. The van der Waals surface area contributed by atoms with E-state index in [9.17, 15) is 13.7 Å². The molecule has 1 heterocycles. The summed E-state index contributed by atoms with van der Waals surface area (Å²) in [5.41, 5.74) is 3.65. The van der Waals surface area contributed by atoms with E-state index in [1.807, 2.05) is 13.0 Å². The third-order valence-corrected chi connectivity index (χ3v) is 4.88. The van der Waals surface area contributed by atoms with Crippen LogP contribution in [0.5, 0.6) is 0 Å². The van der Waals surface area contributed by atoms with Crippen LogP contribution in [0.2, 0.25) is 0 Å². The lowest BCUT2D eigenvalue weighted by Gasteiger charge is -2.11. The van der Waals surface area contributed by atoms with Crippen LogP contribution in [-0.2, 0) is 10.0 Å². The Morgan fingerprint density at radius 2 is 1.96 bits per heavy atom. The maximum Gasteiger partial charge on any atom is 0.238 e. The number of rotatable bonds is 2. The lowest BCUT2D eigenvalue weighted by Crippen LogP contribution is -2.13. The average molecular weight is 335 g/mol. The lowest BCUT2D eigenvalue weighted by atomic mass is 9.97. The highest BCUT2D eigenvalue weighted by atomic mass is 32.2. The quantitative estimate of drug-likeness (QED) is 0.704. The highest BCUT2D eigenvalue weighted by molar-refractivity contribution is 7.89. The smallest absolute Gasteiger partial charge is 0.238 e. The van der Waals surface area contributed by atoms with E-state index in [1.165, 1.54) is 12.1 Å². The van der Waals surface area contributed by atoms with Crippen LogP contribution in [0.15, 0.2) is 41.4 Å². The van der Waals surface area contributed by atoms with Gasteiger partial charge in [-0.3, -0.25) is 0 Å². The van der Waals surface area contributed by atoms with Gasteiger partial charge in [0.25, 0.3) is 0 Å². The molecule has 0 unspecified atom stereocenters. The number of nitriles is 1. The molecule has 3 N–H and O–H groups in total. The van der Waals surface area contributed by atoms with Crippen LogP contribution in [0.4, 0.5) is 0 Å². The number of hydrogen-bond acceptors (Lipinski definition) is 3. The average Bonchev–Trinajstić information content (AvgIpc) is 2.98. The van der Waals surface area contributed by atoms with Crippen molar-refractivity contribution in [3.05, 3.63) is 53.2 Å². The summed E-state index contributed by atoms with van der Waals surface area (Å²) in [7, 11) is -3.93. The van der Waals surface area contributed by atoms with Crippen LogP contribution in [0, 0.1) is 30.6 Å². The molecule has 3 rings (SSSR count). The second kappa shape index (κ2) is 5.54. The molecule has 0 radical (unpaired) electrons. The van der Waals surface area contributed by atoms with E-state index in [2.05, 4.69) is 17.0 Å². The number of aromatic amines is 1. The van der Waals surface area contributed by atoms with E-state index in [0.29, 0.717) is 27.8 Å². The van der Waals surface area contributed by atoms with E-state index in [1.54, 1.807) is 18.3 Å².